The first-order valence-corrected chi connectivity index (χ1v) is 7.33. The van der Waals surface area contributed by atoms with E-state index in [0.29, 0.717) is 13.0 Å². The van der Waals surface area contributed by atoms with Crippen LogP contribution in [0, 0.1) is 0 Å². The van der Waals surface area contributed by atoms with Gasteiger partial charge in [0.15, 0.2) is 0 Å². The maximum absolute atomic E-state index is 12.0. The van der Waals surface area contributed by atoms with Crippen molar-refractivity contribution in [3.05, 3.63) is 34.3 Å². The van der Waals surface area contributed by atoms with Crippen molar-refractivity contribution in [1.82, 2.24) is 5.32 Å². The van der Waals surface area contributed by atoms with Crippen molar-refractivity contribution in [1.29, 1.82) is 0 Å². The molecule has 0 amide bonds. The van der Waals surface area contributed by atoms with E-state index < -0.39 is 12.8 Å². The van der Waals surface area contributed by atoms with Crippen LogP contribution in [0.25, 0.3) is 0 Å². The molecular formula is C14H19BrF3NO. The second-order valence-corrected chi connectivity index (χ2v) is 5.34. The summed E-state index contributed by atoms with van der Waals surface area (Å²) in [6.07, 6.45) is -3.71. The molecule has 0 saturated carbocycles. The fraction of sp³-hybridized carbons (Fsp3) is 0.571. The van der Waals surface area contributed by atoms with Crippen LogP contribution in [0.15, 0.2) is 28.7 Å². The third kappa shape index (κ3) is 6.72. The molecule has 1 aromatic rings. The van der Waals surface area contributed by atoms with Crippen LogP contribution < -0.4 is 5.32 Å². The van der Waals surface area contributed by atoms with Crippen molar-refractivity contribution in [2.24, 2.45) is 0 Å². The van der Waals surface area contributed by atoms with Crippen molar-refractivity contribution in [3.8, 4) is 0 Å². The average Bonchev–Trinajstić information content (AvgIpc) is 2.38. The molecule has 2 nitrogen and oxygen atoms in total. The van der Waals surface area contributed by atoms with E-state index in [0.717, 1.165) is 16.6 Å². The number of hydrogen-bond acceptors (Lipinski definition) is 2. The van der Waals surface area contributed by atoms with E-state index in [4.69, 9.17) is 4.74 Å². The number of nitrogens with one attached hydrogen (secondary N) is 1. The average molecular weight is 354 g/mol. The molecule has 0 heterocycles. The smallest absolute Gasteiger partial charge is 0.372 e. The fourth-order valence-electron chi connectivity index (χ4n) is 1.91. The molecule has 0 radical (unpaired) electrons. The third-order valence-electron chi connectivity index (χ3n) is 2.86. The Kier molecular flexibility index (Phi) is 7.55. The molecule has 1 atom stereocenters. The maximum Gasteiger partial charge on any atom is 0.411 e. The van der Waals surface area contributed by atoms with Gasteiger partial charge in [0.1, 0.15) is 6.61 Å². The molecular weight excluding hydrogens is 335 g/mol. The summed E-state index contributed by atoms with van der Waals surface area (Å²) < 4.78 is 41.7. The van der Waals surface area contributed by atoms with Crippen LogP contribution in [0.3, 0.4) is 0 Å². The Morgan fingerprint density at radius 3 is 2.60 bits per heavy atom. The summed E-state index contributed by atoms with van der Waals surface area (Å²) in [5.74, 6) is 0.124. The van der Waals surface area contributed by atoms with Gasteiger partial charge in [0, 0.05) is 17.6 Å². The predicted molar refractivity (Wildman–Crippen MR) is 76.9 cm³/mol. The number of halogens is 4. The molecule has 6 heteroatoms. The van der Waals surface area contributed by atoms with Crippen LogP contribution in [0.2, 0.25) is 0 Å². The first kappa shape index (κ1) is 17.5. The minimum absolute atomic E-state index is 0.0942. The highest BCUT2D eigenvalue weighted by Crippen LogP contribution is 2.27. The van der Waals surface area contributed by atoms with E-state index in [9.17, 15) is 13.2 Å². The van der Waals surface area contributed by atoms with Gasteiger partial charge in [0.05, 0.1) is 0 Å². The highest BCUT2D eigenvalue weighted by atomic mass is 79.9. The van der Waals surface area contributed by atoms with E-state index >= 15 is 0 Å². The predicted octanol–water partition coefficient (Wildman–Crippen LogP) is 4.11. The summed E-state index contributed by atoms with van der Waals surface area (Å²) in [4.78, 5) is 0. The number of ether oxygens (including phenoxy) is 1. The first-order chi connectivity index (χ1) is 9.44. The van der Waals surface area contributed by atoms with Gasteiger partial charge in [-0.05, 0) is 30.5 Å². The van der Waals surface area contributed by atoms with Crippen molar-refractivity contribution < 1.29 is 17.9 Å². The highest BCUT2D eigenvalue weighted by molar-refractivity contribution is 9.10. The minimum atomic E-state index is -4.26. The second-order valence-electron chi connectivity index (χ2n) is 4.48. The molecule has 1 N–H and O–H groups in total. The Bertz CT molecular complexity index is 398. The number of rotatable bonds is 8. The summed E-state index contributed by atoms with van der Waals surface area (Å²) in [5, 5.41) is 3.23. The number of likely N-dealkylation sites (N-methyl/N-ethyl adjacent to an activating group) is 1. The summed E-state index contributed by atoms with van der Waals surface area (Å²) in [6, 6.07) is 7.76. The number of alkyl halides is 3. The van der Waals surface area contributed by atoms with Gasteiger partial charge >= 0.3 is 6.18 Å². The quantitative estimate of drug-likeness (QED) is 0.710. The van der Waals surface area contributed by atoms with Crippen molar-refractivity contribution in [3.63, 3.8) is 0 Å². The summed E-state index contributed by atoms with van der Waals surface area (Å²) >= 11 is 3.48. The van der Waals surface area contributed by atoms with E-state index in [2.05, 4.69) is 21.2 Å². The Balaban J connectivity index is 2.55. The van der Waals surface area contributed by atoms with Gasteiger partial charge in [-0.15, -0.1) is 0 Å². The van der Waals surface area contributed by atoms with Gasteiger partial charge in [-0.25, -0.2) is 0 Å². The van der Waals surface area contributed by atoms with E-state index in [1.807, 2.05) is 31.2 Å². The highest BCUT2D eigenvalue weighted by Gasteiger charge is 2.27. The van der Waals surface area contributed by atoms with Crippen LogP contribution in [-0.2, 0) is 4.74 Å². The molecule has 0 saturated heterocycles. The lowest BCUT2D eigenvalue weighted by Gasteiger charge is -2.19. The van der Waals surface area contributed by atoms with Gasteiger partial charge in [0.2, 0.25) is 0 Å². The maximum atomic E-state index is 12.0. The molecule has 0 aliphatic rings. The number of hydrogen-bond donors (Lipinski definition) is 1. The Morgan fingerprint density at radius 2 is 2.00 bits per heavy atom. The number of benzene rings is 1. The van der Waals surface area contributed by atoms with Gasteiger partial charge < -0.3 is 10.1 Å². The lowest BCUT2D eigenvalue weighted by Crippen LogP contribution is -2.23. The molecule has 20 heavy (non-hydrogen) atoms. The monoisotopic (exact) mass is 353 g/mol. The SMILES string of the molecule is CCNCC(CCOCC(F)(F)F)c1ccccc1Br. The Labute approximate surface area is 125 Å². The molecule has 0 aliphatic heterocycles. The van der Waals surface area contributed by atoms with Crippen molar-refractivity contribution in [2.75, 3.05) is 26.3 Å². The zero-order chi connectivity index (χ0) is 15.0. The summed E-state index contributed by atoms with van der Waals surface area (Å²) in [6.45, 7) is 2.45. The van der Waals surface area contributed by atoms with Gasteiger partial charge in [-0.1, -0.05) is 41.1 Å². The van der Waals surface area contributed by atoms with Gasteiger partial charge in [-0.2, -0.15) is 13.2 Å². The largest absolute Gasteiger partial charge is 0.411 e. The summed E-state index contributed by atoms with van der Waals surface area (Å²) in [5.41, 5.74) is 1.09. The molecule has 0 aromatic heterocycles. The Morgan fingerprint density at radius 1 is 1.30 bits per heavy atom. The molecule has 1 aromatic carbocycles. The minimum Gasteiger partial charge on any atom is -0.372 e. The van der Waals surface area contributed by atoms with Crippen LogP contribution in [-0.4, -0.2) is 32.5 Å². The van der Waals surface area contributed by atoms with Gasteiger partial charge in [-0.3, -0.25) is 0 Å². The molecule has 0 aliphatic carbocycles. The lowest BCUT2D eigenvalue weighted by atomic mass is 9.96. The van der Waals surface area contributed by atoms with E-state index in [1.165, 1.54) is 0 Å². The van der Waals surface area contributed by atoms with Crippen molar-refractivity contribution in [2.45, 2.75) is 25.4 Å². The molecule has 1 unspecified atom stereocenters. The summed E-state index contributed by atoms with van der Waals surface area (Å²) in [7, 11) is 0. The zero-order valence-corrected chi connectivity index (χ0v) is 12.9. The van der Waals surface area contributed by atoms with Gasteiger partial charge in [0.25, 0.3) is 0 Å². The Hall–Kier alpha value is -0.590. The second kappa shape index (κ2) is 8.64. The first-order valence-electron chi connectivity index (χ1n) is 6.53. The van der Waals surface area contributed by atoms with Crippen LogP contribution in [0.4, 0.5) is 13.2 Å². The molecule has 114 valence electrons. The molecule has 0 spiro atoms. The topological polar surface area (TPSA) is 21.3 Å². The van der Waals surface area contributed by atoms with Crippen LogP contribution in [0.5, 0.6) is 0 Å². The zero-order valence-electron chi connectivity index (χ0n) is 11.3. The van der Waals surface area contributed by atoms with E-state index in [1.54, 1.807) is 0 Å². The normalized spacial score (nSPS) is 13.4. The lowest BCUT2D eigenvalue weighted by molar-refractivity contribution is -0.174. The third-order valence-corrected chi connectivity index (χ3v) is 3.58. The standard InChI is InChI=1S/C14H19BrF3NO/c1-2-19-9-11(7-8-20-10-14(16,17)18)12-5-3-4-6-13(12)15/h3-6,11,19H,2,7-10H2,1H3. The molecule has 1 rings (SSSR count). The molecule has 0 fully saturated rings. The van der Waals surface area contributed by atoms with Crippen LogP contribution >= 0.6 is 15.9 Å². The van der Waals surface area contributed by atoms with Crippen molar-refractivity contribution >= 4 is 15.9 Å². The fourth-order valence-corrected chi connectivity index (χ4v) is 2.51. The molecule has 0 bridgehead atoms. The van der Waals surface area contributed by atoms with E-state index in [-0.39, 0.29) is 12.5 Å². The van der Waals surface area contributed by atoms with Crippen LogP contribution in [0.1, 0.15) is 24.8 Å².